The van der Waals surface area contributed by atoms with Gasteiger partial charge in [0.15, 0.2) is 5.11 Å². The first-order valence-corrected chi connectivity index (χ1v) is 9.68. The Morgan fingerprint density at radius 3 is 1.68 bits per heavy atom. The molecule has 0 spiro atoms. The molecular formula is C23H15N3O4S. The number of para-hydroxylation sites is 3. The third-order valence-electron chi connectivity index (χ3n) is 4.71. The fourth-order valence-corrected chi connectivity index (χ4v) is 3.65. The van der Waals surface area contributed by atoms with Crippen LogP contribution in [0.3, 0.4) is 0 Å². The molecule has 0 atom stereocenters. The lowest BCUT2D eigenvalue weighted by Crippen LogP contribution is -2.56. The Hall–Kier alpha value is -4.17. The van der Waals surface area contributed by atoms with E-state index in [1.807, 2.05) is 0 Å². The van der Waals surface area contributed by atoms with Crippen LogP contribution in [0, 0.1) is 10.1 Å². The summed E-state index contributed by atoms with van der Waals surface area (Å²) in [6.45, 7) is 0. The molecule has 3 aromatic carbocycles. The van der Waals surface area contributed by atoms with Gasteiger partial charge in [-0.2, -0.15) is 0 Å². The standard InChI is InChI=1S/C23H15N3O4S/c27-21-19(15-16-9-7-8-14-20(16)26(29)30)22(28)25(18-12-5-2-6-13-18)23(31)24(21)17-10-3-1-4-11-17/h1-15H. The van der Waals surface area contributed by atoms with Gasteiger partial charge in [-0.3, -0.25) is 29.5 Å². The first kappa shape index (κ1) is 20.1. The summed E-state index contributed by atoms with van der Waals surface area (Å²) in [6, 6.07) is 23.3. The molecule has 152 valence electrons. The largest absolute Gasteiger partial charge is 0.276 e. The molecule has 0 unspecified atom stereocenters. The highest BCUT2D eigenvalue weighted by atomic mass is 32.1. The van der Waals surface area contributed by atoms with E-state index in [4.69, 9.17) is 12.2 Å². The Labute approximate surface area is 183 Å². The molecule has 1 aliphatic rings. The molecule has 1 heterocycles. The molecule has 0 bridgehead atoms. The number of hydrogen-bond donors (Lipinski definition) is 0. The topological polar surface area (TPSA) is 83.8 Å². The lowest BCUT2D eigenvalue weighted by molar-refractivity contribution is -0.385. The maximum Gasteiger partial charge on any atom is 0.276 e. The quantitative estimate of drug-likeness (QED) is 0.203. The molecule has 0 N–H and O–H groups in total. The van der Waals surface area contributed by atoms with Gasteiger partial charge in [-0.15, -0.1) is 0 Å². The van der Waals surface area contributed by atoms with Crippen LogP contribution in [0.4, 0.5) is 17.1 Å². The van der Waals surface area contributed by atoms with E-state index in [2.05, 4.69) is 0 Å². The molecule has 0 aliphatic carbocycles. The Morgan fingerprint density at radius 2 is 1.19 bits per heavy atom. The van der Waals surface area contributed by atoms with Gasteiger partial charge in [-0.25, -0.2) is 0 Å². The van der Waals surface area contributed by atoms with Crippen LogP contribution in [0.1, 0.15) is 5.56 Å². The Kier molecular flexibility index (Phi) is 5.38. The van der Waals surface area contributed by atoms with E-state index >= 15 is 0 Å². The van der Waals surface area contributed by atoms with Crippen LogP contribution in [0.25, 0.3) is 6.08 Å². The molecule has 31 heavy (non-hydrogen) atoms. The molecular weight excluding hydrogens is 414 g/mol. The highest BCUT2D eigenvalue weighted by Gasteiger charge is 2.41. The van der Waals surface area contributed by atoms with Crippen molar-refractivity contribution in [3.8, 4) is 0 Å². The number of nitro groups is 1. The van der Waals surface area contributed by atoms with Gasteiger partial charge in [0.05, 0.1) is 21.9 Å². The number of amides is 2. The fourth-order valence-electron chi connectivity index (χ4n) is 3.27. The maximum absolute atomic E-state index is 13.4. The summed E-state index contributed by atoms with van der Waals surface area (Å²) in [7, 11) is 0. The van der Waals surface area contributed by atoms with Crippen LogP contribution >= 0.6 is 12.2 Å². The van der Waals surface area contributed by atoms with Gasteiger partial charge < -0.3 is 0 Å². The number of thiocarbonyl (C=S) groups is 1. The van der Waals surface area contributed by atoms with Crippen molar-refractivity contribution in [2.24, 2.45) is 0 Å². The minimum atomic E-state index is -0.647. The normalized spacial score (nSPS) is 14.1. The van der Waals surface area contributed by atoms with Crippen molar-refractivity contribution in [3.05, 3.63) is 106 Å². The van der Waals surface area contributed by atoms with Gasteiger partial charge in [0, 0.05) is 6.07 Å². The van der Waals surface area contributed by atoms with Crippen LogP contribution in [0.2, 0.25) is 0 Å². The second-order valence-electron chi connectivity index (χ2n) is 6.61. The van der Waals surface area contributed by atoms with Gasteiger partial charge in [0.2, 0.25) is 0 Å². The van der Waals surface area contributed by atoms with E-state index in [1.165, 1.54) is 34.1 Å². The van der Waals surface area contributed by atoms with Gasteiger partial charge in [0.25, 0.3) is 17.5 Å². The van der Waals surface area contributed by atoms with E-state index in [0.717, 1.165) is 0 Å². The number of carbonyl (C=O) groups excluding carboxylic acids is 2. The van der Waals surface area contributed by atoms with Crippen LogP contribution in [-0.4, -0.2) is 21.9 Å². The smallest absolute Gasteiger partial charge is 0.268 e. The van der Waals surface area contributed by atoms with Crippen molar-refractivity contribution >= 4 is 52.3 Å². The Balaban J connectivity index is 1.90. The fraction of sp³-hybridized carbons (Fsp3) is 0. The van der Waals surface area contributed by atoms with Crippen LogP contribution in [0.5, 0.6) is 0 Å². The second kappa shape index (κ2) is 8.29. The summed E-state index contributed by atoms with van der Waals surface area (Å²) in [5, 5.41) is 11.4. The molecule has 4 rings (SSSR count). The van der Waals surface area contributed by atoms with Crippen molar-refractivity contribution < 1.29 is 14.5 Å². The SMILES string of the molecule is O=C1C(=Cc2ccccc2[N+](=O)[O-])C(=O)N(c2ccccc2)C(=S)N1c1ccccc1. The van der Waals surface area contributed by atoms with E-state index in [9.17, 15) is 19.7 Å². The second-order valence-corrected chi connectivity index (χ2v) is 6.97. The van der Waals surface area contributed by atoms with Crippen molar-refractivity contribution in [2.75, 3.05) is 9.80 Å². The summed E-state index contributed by atoms with van der Waals surface area (Å²) < 4.78 is 0. The minimum Gasteiger partial charge on any atom is -0.268 e. The zero-order valence-electron chi connectivity index (χ0n) is 16.0. The third-order valence-corrected chi connectivity index (χ3v) is 5.08. The summed E-state index contributed by atoms with van der Waals surface area (Å²) in [5.41, 5.74) is 0.689. The molecule has 1 aliphatic heterocycles. The third kappa shape index (κ3) is 3.72. The van der Waals surface area contributed by atoms with Crippen LogP contribution < -0.4 is 9.80 Å². The molecule has 0 saturated carbocycles. The summed E-state index contributed by atoms with van der Waals surface area (Å²) in [4.78, 5) is 40.1. The number of rotatable bonds is 4. The van der Waals surface area contributed by atoms with Crippen molar-refractivity contribution in [2.45, 2.75) is 0 Å². The molecule has 3 aromatic rings. The molecule has 8 heteroatoms. The molecule has 1 fully saturated rings. The number of nitro benzene ring substituents is 1. The van der Waals surface area contributed by atoms with Crippen molar-refractivity contribution in [1.82, 2.24) is 0 Å². The molecule has 0 aromatic heterocycles. The van der Waals surface area contributed by atoms with Crippen LogP contribution in [-0.2, 0) is 9.59 Å². The predicted molar refractivity (Wildman–Crippen MR) is 122 cm³/mol. The number of nitrogens with zero attached hydrogens (tertiary/aromatic N) is 3. The maximum atomic E-state index is 13.4. The van der Waals surface area contributed by atoms with Gasteiger partial charge in [-0.1, -0.05) is 48.5 Å². The molecule has 2 amide bonds. The predicted octanol–water partition coefficient (Wildman–Crippen LogP) is 4.34. The molecule has 1 saturated heterocycles. The monoisotopic (exact) mass is 429 g/mol. The highest BCUT2D eigenvalue weighted by Crippen LogP contribution is 2.31. The molecule has 7 nitrogen and oxygen atoms in total. The van der Waals surface area contributed by atoms with Crippen molar-refractivity contribution in [1.29, 1.82) is 0 Å². The number of anilines is 2. The van der Waals surface area contributed by atoms with E-state index in [0.29, 0.717) is 11.4 Å². The van der Waals surface area contributed by atoms with E-state index < -0.39 is 16.7 Å². The van der Waals surface area contributed by atoms with E-state index in [-0.39, 0.29) is 21.9 Å². The average Bonchev–Trinajstić information content (AvgIpc) is 2.78. The van der Waals surface area contributed by atoms with Crippen LogP contribution in [0.15, 0.2) is 90.5 Å². The minimum absolute atomic E-state index is 0.00658. The number of hydrogen-bond acceptors (Lipinski definition) is 5. The lowest BCUT2D eigenvalue weighted by Gasteiger charge is -2.36. The summed E-state index contributed by atoms with van der Waals surface area (Å²) in [6.07, 6.45) is 1.25. The Morgan fingerprint density at radius 1 is 0.742 bits per heavy atom. The Bertz CT molecular complexity index is 1160. The van der Waals surface area contributed by atoms with Gasteiger partial charge in [0.1, 0.15) is 5.57 Å². The van der Waals surface area contributed by atoms with Crippen molar-refractivity contribution in [3.63, 3.8) is 0 Å². The first-order chi connectivity index (χ1) is 15.0. The highest BCUT2D eigenvalue weighted by molar-refractivity contribution is 7.81. The zero-order chi connectivity index (χ0) is 22.0. The summed E-state index contributed by atoms with van der Waals surface area (Å²) >= 11 is 5.53. The lowest BCUT2D eigenvalue weighted by atomic mass is 10.0. The number of benzene rings is 3. The summed E-state index contributed by atoms with van der Waals surface area (Å²) in [5.74, 6) is -1.29. The number of carbonyl (C=O) groups is 2. The van der Waals surface area contributed by atoms with Gasteiger partial charge >= 0.3 is 0 Å². The zero-order valence-corrected chi connectivity index (χ0v) is 16.9. The first-order valence-electron chi connectivity index (χ1n) is 9.27. The van der Waals surface area contributed by atoms with E-state index in [1.54, 1.807) is 66.7 Å². The van der Waals surface area contributed by atoms with Gasteiger partial charge in [-0.05, 0) is 48.6 Å². The average molecular weight is 429 g/mol. The molecule has 0 radical (unpaired) electrons.